The molecule has 0 radical (unpaired) electrons. The highest BCUT2D eigenvalue weighted by molar-refractivity contribution is 7.91. The average Bonchev–Trinajstić information content (AvgIpc) is 3.00. The van der Waals surface area contributed by atoms with Gasteiger partial charge in [-0.25, -0.2) is 12.8 Å². The largest absolute Gasteiger partial charge is 0.489 e. The standard InChI is InChI=1S/C20H22Cl2FNO4S/c21-15-4-5-20(19(22)9-15)28-12-18(25)11-24(17-6-7-29(26,27)13-17)10-14-2-1-3-16(23)8-14/h1-5,8-9,17-18,25H,6-7,10-13H2. The van der Waals surface area contributed by atoms with Gasteiger partial charge in [0.25, 0.3) is 0 Å². The minimum atomic E-state index is -3.10. The molecule has 9 heteroatoms. The van der Waals surface area contributed by atoms with E-state index in [1.807, 2.05) is 4.90 Å². The van der Waals surface area contributed by atoms with Crippen molar-refractivity contribution in [3.8, 4) is 5.75 Å². The van der Waals surface area contributed by atoms with Gasteiger partial charge in [0.2, 0.25) is 0 Å². The number of halogens is 3. The maximum atomic E-state index is 13.5. The minimum absolute atomic E-state index is 0.0267. The van der Waals surface area contributed by atoms with E-state index < -0.39 is 15.9 Å². The normalized spacial score (nSPS) is 19.4. The van der Waals surface area contributed by atoms with Gasteiger partial charge in [-0.3, -0.25) is 4.90 Å². The summed E-state index contributed by atoms with van der Waals surface area (Å²) < 4.78 is 43.0. The van der Waals surface area contributed by atoms with Gasteiger partial charge in [-0.1, -0.05) is 35.3 Å². The molecule has 1 aliphatic heterocycles. The lowest BCUT2D eigenvalue weighted by molar-refractivity contribution is 0.0525. The summed E-state index contributed by atoms with van der Waals surface area (Å²) in [6, 6.07) is 10.7. The lowest BCUT2D eigenvalue weighted by Gasteiger charge is -2.30. The van der Waals surface area contributed by atoms with Gasteiger partial charge in [0, 0.05) is 24.2 Å². The molecule has 1 saturated heterocycles. The summed E-state index contributed by atoms with van der Waals surface area (Å²) in [5.74, 6) is 0.182. The van der Waals surface area contributed by atoms with Gasteiger partial charge in [0.1, 0.15) is 24.3 Å². The topological polar surface area (TPSA) is 66.8 Å². The molecule has 3 rings (SSSR count). The third-order valence-electron chi connectivity index (χ3n) is 4.77. The lowest BCUT2D eigenvalue weighted by Crippen LogP contribution is -2.42. The molecule has 1 aliphatic rings. The summed E-state index contributed by atoms with van der Waals surface area (Å²) in [4.78, 5) is 1.87. The van der Waals surface area contributed by atoms with Crippen LogP contribution in [0.3, 0.4) is 0 Å². The monoisotopic (exact) mass is 461 g/mol. The summed E-state index contributed by atoms with van der Waals surface area (Å²) in [7, 11) is -3.10. The molecular weight excluding hydrogens is 440 g/mol. The molecule has 2 aromatic carbocycles. The molecule has 1 N–H and O–H groups in total. The van der Waals surface area contributed by atoms with E-state index in [1.54, 1.807) is 30.3 Å². The second-order valence-electron chi connectivity index (χ2n) is 7.16. The van der Waals surface area contributed by atoms with E-state index >= 15 is 0 Å². The molecule has 0 aromatic heterocycles. The Bertz CT molecular complexity index is 957. The number of ether oxygens (including phenoxy) is 1. The van der Waals surface area contributed by atoms with Crippen LogP contribution < -0.4 is 4.74 Å². The van der Waals surface area contributed by atoms with Gasteiger partial charge >= 0.3 is 0 Å². The zero-order valence-electron chi connectivity index (χ0n) is 15.6. The summed E-state index contributed by atoms with van der Waals surface area (Å²) in [6.45, 7) is 0.485. The van der Waals surface area contributed by atoms with Gasteiger partial charge in [0.05, 0.1) is 16.5 Å². The molecule has 2 atom stereocenters. The first kappa shape index (κ1) is 22.3. The van der Waals surface area contributed by atoms with Gasteiger partial charge in [-0.15, -0.1) is 0 Å². The van der Waals surface area contributed by atoms with Crippen molar-refractivity contribution >= 4 is 33.0 Å². The highest BCUT2D eigenvalue weighted by atomic mass is 35.5. The Labute approximate surface area is 179 Å². The van der Waals surface area contributed by atoms with E-state index in [4.69, 9.17) is 27.9 Å². The maximum absolute atomic E-state index is 13.5. The number of benzene rings is 2. The second kappa shape index (κ2) is 9.62. The van der Waals surface area contributed by atoms with Crippen molar-refractivity contribution in [3.63, 3.8) is 0 Å². The van der Waals surface area contributed by atoms with E-state index in [-0.39, 0.29) is 36.5 Å². The van der Waals surface area contributed by atoms with Gasteiger partial charge < -0.3 is 9.84 Å². The number of aliphatic hydroxyl groups excluding tert-OH is 1. The Morgan fingerprint density at radius 3 is 2.69 bits per heavy atom. The van der Waals surface area contributed by atoms with E-state index in [0.717, 1.165) is 0 Å². The van der Waals surface area contributed by atoms with E-state index in [9.17, 15) is 17.9 Å². The van der Waals surface area contributed by atoms with Crippen molar-refractivity contribution in [2.75, 3.05) is 24.7 Å². The third kappa shape index (κ3) is 6.55. The van der Waals surface area contributed by atoms with Crippen LogP contribution in [0.2, 0.25) is 10.0 Å². The SMILES string of the molecule is O=S1(=O)CCC(N(Cc2cccc(F)c2)CC(O)COc2ccc(Cl)cc2Cl)C1. The fraction of sp³-hybridized carbons (Fsp3) is 0.400. The Balaban J connectivity index is 1.66. The molecule has 1 fully saturated rings. The molecule has 2 unspecified atom stereocenters. The highest BCUT2D eigenvalue weighted by Gasteiger charge is 2.33. The first-order chi connectivity index (χ1) is 13.7. The number of aliphatic hydroxyl groups is 1. The van der Waals surface area contributed by atoms with E-state index in [2.05, 4.69) is 0 Å². The molecule has 5 nitrogen and oxygen atoms in total. The third-order valence-corrected chi connectivity index (χ3v) is 7.05. The number of rotatable bonds is 8. The fourth-order valence-corrected chi connectivity index (χ4v) is 5.60. The number of nitrogens with zero attached hydrogens (tertiary/aromatic N) is 1. The summed E-state index contributed by atoms with van der Waals surface area (Å²) >= 11 is 11.9. The number of sulfone groups is 1. The van der Waals surface area contributed by atoms with Crippen LogP contribution in [0.15, 0.2) is 42.5 Å². The summed E-state index contributed by atoms with van der Waals surface area (Å²) in [5.41, 5.74) is 0.711. The molecule has 2 aromatic rings. The Hall–Kier alpha value is -1.38. The van der Waals surface area contributed by atoms with Crippen molar-refractivity contribution in [3.05, 3.63) is 63.9 Å². The number of hydrogen-bond donors (Lipinski definition) is 1. The average molecular weight is 462 g/mol. The molecule has 0 amide bonds. The van der Waals surface area contributed by atoms with Crippen molar-refractivity contribution in [2.45, 2.75) is 25.1 Å². The Kier molecular flexibility index (Phi) is 7.40. The second-order valence-corrected chi connectivity index (χ2v) is 10.2. The Morgan fingerprint density at radius 1 is 1.24 bits per heavy atom. The zero-order chi connectivity index (χ0) is 21.0. The van der Waals surface area contributed by atoms with Gasteiger partial charge in [-0.05, 0) is 42.3 Å². The van der Waals surface area contributed by atoms with Crippen LogP contribution >= 0.6 is 23.2 Å². The van der Waals surface area contributed by atoms with Crippen LogP contribution in [0, 0.1) is 5.82 Å². The first-order valence-corrected chi connectivity index (χ1v) is 11.7. The minimum Gasteiger partial charge on any atom is -0.489 e. The maximum Gasteiger partial charge on any atom is 0.151 e. The molecule has 0 bridgehead atoms. The van der Waals surface area contributed by atoms with Crippen LogP contribution in [-0.4, -0.2) is 55.2 Å². The molecule has 0 spiro atoms. The molecule has 0 saturated carbocycles. The molecular formula is C20H22Cl2FNO4S. The van der Waals surface area contributed by atoms with Crippen LogP contribution in [-0.2, 0) is 16.4 Å². The molecule has 0 aliphatic carbocycles. The Morgan fingerprint density at radius 2 is 2.03 bits per heavy atom. The van der Waals surface area contributed by atoms with Gasteiger partial charge in [0.15, 0.2) is 9.84 Å². The van der Waals surface area contributed by atoms with Crippen molar-refractivity contribution in [1.29, 1.82) is 0 Å². The van der Waals surface area contributed by atoms with Gasteiger partial charge in [-0.2, -0.15) is 0 Å². The molecule has 29 heavy (non-hydrogen) atoms. The quantitative estimate of drug-likeness (QED) is 0.650. The van der Waals surface area contributed by atoms with E-state index in [1.165, 1.54) is 12.1 Å². The number of hydrogen-bond acceptors (Lipinski definition) is 5. The highest BCUT2D eigenvalue weighted by Crippen LogP contribution is 2.28. The molecule has 1 heterocycles. The molecule has 158 valence electrons. The fourth-order valence-electron chi connectivity index (χ4n) is 3.38. The van der Waals surface area contributed by atoms with E-state index in [0.29, 0.717) is 34.3 Å². The van der Waals surface area contributed by atoms with Crippen molar-refractivity contribution < 1.29 is 22.7 Å². The summed E-state index contributed by atoms with van der Waals surface area (Å²) in [5, 5.41) is 11.3. The van der Waals surface area contributed by atoms with Crippen LogP contribution in [0.25, 0.3) is 0 Å². The zero-order valence-corrected chi connectivity index (χ0v) is 17.9. The van der Waals surface area contributed by atoms with Crippen molar-refractivity contribution in [1.82, 2.24) is 4.90 Å². The van der Waals surface area contributed by atoms with Crippen LogP contribution in [0.4, 0.5) is 4.39 Å². The van der Waals surface area contributed by atoms with Crippen LogP contribution in [0.1, 0.15) is 12.0 Å². The summed E-state index contributed by atoms with van der Waals surface area (Å²) in [6.07, 6.45) is -0.410. The predicted octanol–water partition coefficient (Wildman–Crippen LogP) is 3.56. The van der Waals surface area contributed by atoms with Crippen LogP contribution in [0.5, 0.6) is 5.75 Å². The smallest absolute Gasteiger partial charge is 0.151 e. The van der Waals surface area contributed by atoms with Crippen molar-refractivity contribution in [2.24, 2.45) is 0 Å². The first-order valence-electron chi connectivity index (χ1n) is 9.17. The predicted molar refractivity (Wildman–Crippen MR) is 112 cm³/mol. The lowest BCUT2D eigenvalue weighted by atomic mass is 10.1.